The summed E-state index contributed by atoms with van der Waals surface area (Å²) in [7, 11) is 3.17. The van der Waals surface area contributed by atoms with Gasteiger partial charge in [0.25, 0.3) is 0 Å². The average molecular weight is 558 g/mol. The van der Waals surface area contributed by atoms with Crippen molar-refractivity contribution in [3.63, 3.8) is 0 Å². The summed E-state index contributed by atoms with van der Waals surface area (Å²) >= 11 is 2.22. The number of carbonyl (C=O) groups excluding carboxylic acids is 1. The fraction of sp³-hybridized carbons (Fsp3) is 0.464. The lowest BCUT2D eigenvalue weighted by atomic mass is 9.48. The molecule has 4 nitrogen and oxygen atoms in total. The molecule has 0 amide bonds. The predicted octanol–water partition coefficient (Wildman–Crippen LogP) is 6.65. The second-order valence-corrected chi connectivity index (χ2v) is 11.3. The maximum absolute atomic E-state index is 11.9. The molecule has 4 fully saturated rings. The van der Waals surface area contributed by atoms with Crippen molar-refractivity contribution in [3.05, 3.63) is 63.2 Å². The molecule has 0 aliphatic heterocycles. The van der Waals surface area contributed by atoms with E-state index in [1.807, 2.05) is 6.07 Å². The van der Waals surface area contributed by atoms with Gasteiger partial charge in [0.05, 0.1) is 23.4 Å². The van der Waals surface area contributed by atoms with E-state index in [2.05, 4.69) is 47.4 Å². The fourth-order valence-corrected chi connectivity index (χ4v) is 7.38. The summed E-state index contributed by atoms with van der Waals surface area (Å²) in [6.07, 6.45) is 8.14. The molecule has 4 saturated carbocycles. The average Bonchev–Trinajstić information content (AvgIpc) is 2.81. The molecular weight excluding hydrogens is 527 g/mol. The zero-order valence-corrected chi connectivity index (χ0v) is 21.5. The van der Waals surface area contributed by atoms with Crippen LogP contribution in [0.4, 0.5) is 0 Å². The normalized spacial score (nSPS) is 27.3. The maximum Gasteiger partial charge on any atom is 0.337 e. The first kappa shape index (κ1) is 22.8. The molecule has 6 rings (SSSR count). The molecule has 5 heteroatoms. The fourth-order valence-electron chi connectivity index (χ4n) is 6.89. The number of ether oxygens (including phenoxy) is 3. The minimum atomic E-state index is -0.370. The van der Waals surface area contributed by atoms with Gasteiger partial charge in [-0.2, -0.15) is 0 Å². The molecule has 2 aromatic rings. The molecule has 4 aliphatic rings. The summed E-state index contributed by atoms with van der Waals surface area (Å²) in [5.74, 6) is 3.93. The van der Waals surface area contributed by atoms with Crippen LogP contribution in [0.25, 0.3) is 5.57 Å². The van der Waals surface area contributed by atoms with Crippen molar-refractivity contribution in [1.29, 1.82) is 0 Å². The van der Waals surface area contributed by atoms with Gasteiger partial charge in [-0.1, -0.05) is 12.6 Å². The van der Waals surface area contributed by atoms with Crippen molar-refractivity contribution in [2.75, 3.05) is 20.8 Å². The highest BCUT2D eigenvalue weighted by molar-refractivity contribution is 14.1. The summed E-state index contributed by atoms with van der Waals surface area (Å²) in [6.45, 7) is 4.68. The highest BCUT2D eigenvalue weighted by Gasteiger charge is 2.52. The molecule has 0 heterocycles. The quantitative estimate of drug-likeness (QED) is 0.282. The van der Waals surface area contributed by atoms with E-state index in [0.29, 0.717) is 17.9 Å². The van der Waals surface area contributed by atoms with Crippen LogP contribution >= 0.6 is 22.6 Å². The number of hydrogen-bond donors (Lipinski definition) is 0. The van der Waals surface area contributed by atoms with Crippen LogP contribution in [-0.4, -0.2) is 26.8 Å². The Kier molecular flexibility index (Phi) is 6.19. The smallest absolute Gasteiger partial charge is 0.337 e. The lowest BCUT2D eigenvalue weighted by Gasteiger charge is -2.57. The second kappa shape index (κ2) is 8.97. The first-order valence-electron chi connectivity index (χ1n) is 11.8. The van der Waals surface area contributed by atoms with Gasteiger partial charge in [0.2, 0.25) is 0 Å². The van der Waals surface area contributed by atoms with Gasteiger partial charge in [0.15, 0.2) is 0 Å². The van der Waals surface area contributed by atoms with Crippen LogP contribution in [0.5, 0.6) is 11.5 Å². The highest BCUT2D eigenvalue weighted by Crippen LogP contribution is 2.62. The van der Waals surface area contributed by atoms with Gasteiger partial charge in [0, 0.05) is 5.56 Å². The largest absolute Gasteiger partial charge is 0.496 e. The summed E-state index contributed by atoms with van der Waals surface area (Å²) < 4.78 is 17.7. The number of methoxy groups -OCH3 is 2. The molecule has 0 radical (unpaired) electrons. The van der Waals surface area contributed by atoms with Crippen molar-refractivity contribution < 1.29 is 19.0 Å². The Bertz CT molecular complexity index is 1050. The van der Waals surface area contributed by atoms with Crippen molar-refractivity contribution in [1.82, 2.24) is 0 Å². The first-order valence-corrected chi connectivity index (χ1v) is 12.9. The van der Waals surface area contributed by atoms with E-state index in [-0.39, 0.29) is 11.4 Å². The Morgan fingerprint density at radius 1 is 0.970 bits per heavy atom. The number of esters is 1. The van der Waals surface area contributed by atoms with Gasteiger partial charge >= 0.3 is 5.97 Å². The van der Waals surface area contributed by atoms with E-state index in [1.165, 1.54) is 51.2 Å². The standard InChI is InChI=1S/C28H31IO4/c1-17(16-33-26-12-22(27(30)32-3)4-6-24(26)29)21-5-7-25(31-2)23(11-21)28-13-18-8-19(14-28)10-20(9-18)15-28/h4-7,11-12,18-20H,1,8-10,13-16H2,2-3H3. The minimum Gasteiger partial charge on any atom is -0.496 e. The minimum absolute atomic E-state index is 0.251. The van der Waals surface area contributed by atoms with Crippen LogP contribution in [0.15, 0.2) is 43.0 Å². The Morgan fingerprint density at radius 2 is 1.61 bits per heavy atom. The van der Waals surface area contributed by atoms with Crippen LogP contribution in [0, 0.1) is 21.3 Å². The highest BCUT2D eigenvalue weighted by atomic mass is 127. The number of halogens is 1. The van der Waals surface area contributed by atoms with E-state index >= 15 is 0 Å². The second-order valence-electron chi connectivity index (χ2n) is 10.1. The number of benzene rings is 2. The van der Waals surface area contributed by atoms with Crippen molar-refractivity contribution in [3.8, 4) is 11.5 Å². The number of hydrogen-bond acceptors (Lipinski definition) is 4. The van der Waals surface area contributed by atoms with Crippen LogP contribution in [-0.2, 0) is 10.2 Å². The summed E-state index contributed by atoms with van der Waals surface area (Å²) in [4.78, 5) is 11.9. The van der Waals surface area contributed by atoms with Gasteiger partial charge in [-0.3, -0.25) is 0 Å². The molecular formula is C28H31IO4. The molecule has 0 atom stereocenters. The molecule has 0 saturated heterocycles. The monoisotopic (exact) mass is 558 g/mol. The van der Waals surface area contributed by atoms with E-state index in [4.69, 9.17) is 14.2 Å². The summed E-state index contributed by atoms with van der Waals surface area (Å²) in [6, 6.07) is 11.9. The molecule has 174 valence electrons. The third kappa shape index (κ3) is 4.29. The molecule has 0 unspecified atom stereocenters. The number of carbonyl (C=O) groups is 1. The van der Waals surface area contributed by atoms with Crippen LogP contribution in [0.1, 0.15) is 60.0 Å². The van der Waals surface area contributed by atoms with Gasteiger partial charge < -0.3 is 14.2 Å². The maximum atomic E-state index is 11.9. The van der Waals surface area contributed by atoms with Crippen LogP contribution in [0.3, 0.4) is 0 Å². The summed E-state index contributed by atoms with van der Waals surface area (Å²) in [5, 5.41) is 0. The van der Waals surface area contributed by atoms with Gasteiger partial charge in [-0.05, 0) is 126 Å². The third-order valence-electron chi connectivity index (χ3n) is 7.97. The van der Waals surface area contributed by atoms with Crippen LogP contribution in [0.2, 0.25) is 0 Å². The Morgan fingerprint density at radius 3 is 2.21 bits per heavy atom. The molecule has 33 heavy (non-hydrogen) atoms. The van der Waals surface area contributed by atoms with Crippen LogP contribution < -0.4 is 9.47 Å². The third-order valence-corrected chi connectivity index (χ3v) is 8.86. The van der Waals surface area contributed by atoms with E-state index < -0.39 is 0 Å². The first-order chi connectivity index (χ1) is 15.9. The van der Waals surface area contributed by atoms with E-state index in [1.54, 1.807) is 19.2 Å². The molecule has 0 aromatic heterocycles. The molecule has 4 aliphatic carbocycles. The molecule has 0 spiro atoms. The lowest BCUT2D eigenvalue weighted by Crippen LogP contribution is -2.48. The van der Waals surface area contributed by atoms with Crippen molar-refractivity contribution in [2.45, 2.75) is 43.9 Å². The van der Waals surface area contributed by atoms with Crippen molar-refractivity contribution in [2.24, 2.45) is 17.8 Å². The Labute approximate surface area is 209 Å². The van der Waals surface area contributed by atoms with Gasteiger partial charge in [-0.15, -0.1) is 0 Å². The van der Waals surface area contributed by atoms with Crippen molar-refractivity contribution >= 4 is 34.1 Å². The lowest BCUT2D eigenvalue weighted by molar-refractivity contribution is -0.00616. The Hall–Kier alpha value is -2.02. The topological polar surface area (TPSA) is 44.8 Å². The molecule has 0 N–H and O–H groups in total. The summed E-state index contributed by atoms with van der Waals surface area (Å²) in [5.41, 5.74) is 4.11. The molecule has 2 aromatic carbocycles. The van der Waals surface area contributed by atoms with E-state index in [0.717, 1.165) is 38.2 Å². The predicted molar refractivity (Wildman–Crippen MR) is 138 cm³/mol. The van der Waals surface area contributed by atoms with E-state index in [9.17, 15) is 4.79 Å². The SMILES string of the molecule is C=C(COc1cc(C(=O)OC)ccc1I)c1ccc(OC)c(C23CC4CC(CC(C4)C2)C3)c1. The molecule has 4 bridgehead atoms. The number of rotatable bonds is 7. The zero-order valence-electron chi connectivity index (χ0n) is 19.4. The zero-order chi connectivity index (χ0) is 23.2. The Balaban J connectivity index is 1.38. The van der Waals surface area contributed by atoms with Gasteiger partial charge in [-0.25, -0.2) is 4.79 Å². The van der Waals surface area contributed by atoms with Gasteiger partial charge in [0.1, 0.15) is 18.1 Å².